The lowest BCUT2D eigenvalue weighted by Crippen LogP contribution is -2.39. The summed E-state index contributed by atoms with van der Waals surface area (Å²) in [6.07, 6.45) is 0.786. The van der Waals surface area contributed by atoms with Crippen molar-refractivity contribution in [2.75, 3.05) is 13.6 Å². The van der Waals surface area contributed by atoms with Gasteiger partial charge >= 0.3 is 0 Å². The minimum absolute atomic E-state index is 0.0642. The standard InChI is InChI=1S/C10H20N2O2S/c1-4-8(9(11)15)10(14)12(3)6-5-7(2)13/h7-8,13H,4-6H2,1-3H3,(H2,11,15). The number of amides is 1. The molecule has 0 saturated carbocycles. The summed E-state index contributed by atoms with van der Waals surface area (Å²) in [5.41, 5.74) is 5.48. The number of thiocarbonyl (C=S) groups is 1. The fraction of sp³-hybridized carbons (Fsp3) is 0.800. The number of aliphatic hydroxyl groups excluding tert-OH is 1. The molecule has 5 heteroatoms. The number of nitrogens with two attached hydrogens (primary N) is 1. The van der Waals surface area contributed by atoms with Crippen LogP contribution in [0.5, 0.6) is 0 Å². The first kappa shape index (κ1) is 14.3. The second-order valence-electron chi connectivity index (χ2n) is 3.76. The average molecular weight is 232 g/mol. The van der Waals surface area contributed by atoms with E-state index in [-0.39, 0.29) is 16.8 Å². The van der Waals surface area contributed by atoms with Crippen molar-refractivity contribution >= 4 is 23.1 Å². The maximum atomic E-state index is 11.8. The van der Waals surface area contributed by atoms with Gasteiger partial charge in [0.25, 0.3) is 0 Å². The molecule has 0 aromatic heterocycles. The highest BCUT2D eigenvalue weighted by Gasteiger charge is 2.22. The SMILES string of the molecule is CCC(C(=O)N(C)CCC(C)O)C(N)=S. The number of carbonyl (C=O) groups is 1. The molecule has 0 aromatic rings. The highest BCUT2D eigenvalue weighted by atomic mass is 32.1. The molecule has 0 radical (unpaired) electrons. The summed E-state index contributed by atoms with van der Waals surface area (Å²) in [6, 6.07) is 0. The van der Waals surface area contributed by atoms with Gasteiger partial charge in [-0.05, 0) is 19.8 Å². The molecular formula is C10H20N2O2S. The van der Waals surface area contributed by atoms with E-state index < -0.39 is 6.10 Å². The van der Waals surface area contributed by atoms with Crippen LogP contribution in [0.4, 0.5) is 0 Å². The van der Waals surface area contributed by atoms with Crippen LogP contribution in [-0.2, 0) is 4.79 Å². The lowest BCUT2D eigenvalue weighted by molar-refractivity contribution is -0.132. The van der Waals surface area contributed by atoms with Gasteiger partial charge in [0, 0.05) is 13.6 Å². The molecule has 15 heavy (non-hydrogen) atoms. The van der Waals surface area contributed by atoms with E-state index in [4.69, 9.17) is 23.1 Å². The Hall–Kier alpha value is -0.680. The molecule has 0 heterocycles. The Balaban J connectivity index is 4.23. The highest BCUT2D eigenvalue weighted by Crippen LogP contribution is 2.08. The number of nitrogens with zero attached hydrogens (tertiary/aromatic N) is 1. The molecule has 2 unspecified atom stereocenters. The summed E-state index contributed by atoms with van der Waals surface area (Å²) in [4.78, 5) is 13.6. The summed E-state index contributed by atoms with van der Waals surface area (Å²) in [5, 5.41) is 9.10. The molecule has 1 amide bonds. The van der Waals surface area contributed by atoms with Crippen LogP contribution in [0.2, 0.25) is 0 Å². The molecule has 88 valence electrons. The summed E-state index contributed by atoms with van der Waals surface area (Å²) in [5.74, 6) is -0.440. The molecule has 0 spiro atoms. The third-order valence-electron chi connectivity index (χ3n) is 2.31. The van der Waals surface area contributed by atoms with Crippen molar-refractivity contribution in [2.45, 2.75) is 32.8 Å². The van der Waals surface area contributed by atoms with Crippen LogP contribution in [0.1, 0.15) is 26.7 Å². The van der Waals surface area contributed by atoms with Crippen molar-refractivity contribution in [1.82, 2.24) is 4.90 Å². The van der Waals surface area contributed by atoms with Crippen molar-refractivity contribution < 1.29 is 9.90 Å². The third-order valence-corrected chi connectivity index (χ3v) is 2.59. The molecule has 0 saturated heterocycles. The molecule has 3 N–H and O–H groups in total. The van der Waals surface area contributed by atoms with E-state index >= 15 is 0 Å². The molecule has 0 aliphatic heterocycles. The van der Waals surface area contributed by atoms with E-state index in [1.807, 2.05) is 6.92 Å². The minimum Gasteiger partial charge on any atom is -0.393 e. The Morgan fingerprint density at radius 2 is 2.13 bits per heavy atom. The first-order chi connectivity index (χ1) is 6.90. The van der Waals surface area contributed by atoms with Gasteiger partial charge in [0.15, 0.2) is 0 Å². The quantitative estimate of drug-likeness (QED) is 0.656. The van der Waals surface area contributed by atoms with Gasteiger partial charge in [0.1, 0.15) is 0 Å². The zero-order valence-electron chi connectivity index (χ0n) is 9.56. The van der Waals surface area contributed by atoms with Crippen LogP contribution in [-0.4, -0.2) is 40.6 Å². The Bertz CT molecular complexity index is 231. The predicted molar refractivity (Wildman–Crippen MR) is 64.5 cm³/mol. The van der Waals surface area contributed by atoms with Gasteiger partial charge < -0.3 is 15.7 Å². The summed E-state index contributed by atoms with van der Waals surface area (Å²) in [6.45, 7) is 4.10. The van der Waals surface area contributed by atoms with Crippen LogP contribution in [0.25, 0.3) is 0 Å². The van der Waals surface area contributed by atoms with Crippen LogP contribution in [0, 0.1) is 5.92 Å². The summed E-state index contributed by atoms with van der Waals surface area (Å²) >= 11 is 4.83. The van der Waals surface area contributed by atoms with Crippen molar-refractivity contribution in [1.29, 1.82) is 0 Å². The van der Waals surface area contributed by atoms with Gasteiger partial charge in [-0.25, -0.2) is 0 Å². The highest BCUT2D eigenvalue weighted by molar-refractivity contribution is 7.80. The Labute approximate surface area is 96.4 Å². The number of hydrogen-bond donors (Lipinski definition) is 2. The van der Waals surface area contributed by atoms with Gasteiger partial charge in [0.05, 0.1) is 17.0 Å². The van der Waals surface area contributed by atoms with Gasteiger partial charge in [-0.3, -0.25) is 4.79 Å². The van der Waals surface area contributed by atoms with E-state index in [0.29, 0.717) is 19.4 Å². The second-order valence-corrected chi connectivity index (χ2v) is 4.23. The summed E-state index contributed by atoms with van der Waals surface area (Å²) < 4.78 is 0. The fourth-order valence-electron chi connectivity index (χ4n) is 1.25. The smallest absolute Gasteiger partial charge is 0.232 e. The number of aliphatic hydroxyl groups is 1. The summed E-state index contributed by atoms with van der Waals surface area (Å²) in [7, 11) is 1.70. The molecule has 0 aromatic carbocycles. The van der Waals surface area contributed by atoms with E-state index in [1.54, 1.807) is 18.9 Å². The Kier molecular flexibility index (Phi) is 6.43. The van der Waals surface area contributed by atoms with Crippen molar-refractivity contribution in [2.24, 2.45) is 11.7 Å². The zero-order valence-corrected chi connectivity index (χ0v) is 10.4. The number of rotatable bonds is 6. The van der Waals surface area contributed by atoms with Crippen LogP contribution in [0.15, 0.2) is 0 Å². The number of hydrogen-bond acceptors (Lipinski definition) is 3. The van der Waals surface area contributed by atoms with Crippen molar-refractivity contribution in [3.63, 3.8) is 0 Å². The first-order valence-electron chi connectivity index (χ1n) is 5.12. The van der Waals surface area contributed by atoms with Gasteiger partial charge in [-0.2, -0.15) is 0 Å². The van der Waals surface area contributed by atoms with Crippen molar-refractivity contribution in [3.8, 4) is 0 Å². The van der Waals surface area contributed by atoms with Gasteiger partial charge in [-0.15, -0.1) is 0 Å². The molecule has 4 nitrogen and oxygen atoms in total. The third kappa shape index (κ3) is 5.09. The topological polar surface area (TPSA) is 66.6 Å². The fourth-order valence-corrected chi connectivity index (χ4v) is 1.52. The monoisotopic (exact) mass is 232 g/mol. The largest absolute Gasteiger partial charge is 0.393 e. The molecule has 0 fully saturated rings. The van der Waals surface area contributed by atoms with E-state index in [2.05, 4.69) is 0 Å². The molecule has 2 atom stereocenters. The van der Waals surface area contributed by atoms with Crippen LogP contribution >= 0.6 is 12.2 Å². The molecular weight excluding hydrogens is 212 g/mol. The van der Waals surface area contributed by atoms with Crippen LogP contribution < -0.4 is 5.73 Å². The van der Waals surface area contributed by atoms with Gasteiger partial charge in [0.2, 0.25) is 5.91 Å². The molecule has 0 rings (SSSR count). The van der Waals surface area contributed by atoms with E-state index in [1.165, 1.54) is 0 Å². The minimum atomic E-state index is -0.398. The molecule has 0 bridgehead atoms. The van der Waals surface area contributed by atoms with Gasteiger partial charge in [-0.1, -0.05) is 19.1 Å². The Morgan fingerprint density at radius 3 is 2.47 bits per heavy atom. The van der Waals surface area contributed by atoms with Crippen LogP contribution in [0.3, 0.4) is 0 Å². The lowest BCUT2D eigenvalue weighted by atomic mass is 10.1. The second kappa shape index (κ2) is 6.74. The van der Waals surface area contributed by atoms with E-state index in [0.717, 1.165) is 0 Å². The molecule has 0 aliphatic rings. The zero-order chi connectivity index (χ0) is 12.0. The maximum Gasteiger partial charge on any atom is 0.232 e. The Morgan fingerprint density at radius 1 is 1.60 bits per heavy atom. The maximum absolute atomic E-state index is 11.8. The average Bonchev–Trinajstić information content (AvgIpc) is 2.14. The van der Waals surface area contributed by atoms with Crippen molar-refractivity contribution in [3.05, 3.63) is 0 Å². The first-order valence-corrected chi connectivity index (χ1v) is 5.53. The molecule has 0 aliphatic carbocycles. The van der Waals surface area contributed by atoms with E-state index in [9.17, 15) is 4.79 Å². The normalized spacial score (nSPS) is 14.4. The predicted octanol–water partition coefficient (Wildman–Crippen LogP) is 0.528. The number of carbonyl (C=O) groups excluding carboxylic acids is 1. The lowest BCUT2D eigenvalue weighted by Gasteiger charge is -2.22.